The second-order valence-electron chi connectivity index (χ2n) is 6.05. The summed E-state index contributed by atoms with van der Waals surface area (Å²) in [5.74, 6) is 0.115. The maximum Gasteiger partial charge on any atom is 0.416 e. The third-order valence-electron chi connectivity index (χ3n) is 4.64. The molecule has 1 aromatic rings. The second kappa shape index (κ2) is 4.39. The number of anilines is 1. The molecule has 3 nitrogen and oxygen atoms in total. The molecule has 6 heteroatoms. The Labute approximate surface area is 121 Å². The van der Waals surface area contributed by atoms with Crippen LogP contribution < -0.4 is 4.90 Å². The van der Waals surface area contributed by atoms with E-state index >= 15 is 0 Å². The van der Waals surface area contributed by atoms with Crippen LogP contribution in [0, 0.1) is 5.92 Å². The molecular weight excluding hydrogens is 281 g/mol. The summed E-state index contributed by atoms with van der Waals surface area (Å²) in [5.41, 5.74) is 0.101. The Kier molecular flexibility index (Phi) is 2.97. The van der Waals surface area contributed by atoms with E-state index < -0.39 is 11.7 Å². The summed E-state index contributed by atoms with van der Waals surface area (Å²) < 4.78 is 39.9. The summed E-state index contributed by atoms with van der Waals surface area (Å²) in [7, 11) is 1.52. The largest absolute Gasteiger partial charge is 0.416 e. The number of benzene rings is 1. The number of carbonyl (C=O) groups excluding carboxylic acids is 1. The lowest BCUT2D eigenvalue weighted by Gasteiger charge is -2.47. The zero-order valence-corrected chi connectivity index (χ0v) is 12.2. The number of halogens is 3. The Balaban J connectivity index is 2.11. The van der Waals surface area contributed by atoms with Gasteiger partial charge in [0.15, 0.2) is 0 Å². The molecule has 0 saturated carbocycles. The molecule has 2 heterocycles. The van der Waals surface area contributed by atoms with Crippen LogP contribution in [0.4, 0.5) is 18.9 Å². The summed E-state index contributed by atoms with van der Waals surface area (Å²) in [6.07, 6.45) is -4.44. The smallest absolute Gasteiger partial charge is 0.368 e. The highest BCUT2D eigenvalue weighted by Crippen LogP contribution is 2.41. The molecule has 0 radical (unpaired) electrons. The first-order valence-electron chi connectivity index (χ1n) is 6.96. The molecule has 0 aromatic heterocycles. The molecule has 1 fully saturated rings. The molecule has 2 aliphatic heterocycles. The lowest BCUT2D eigenvalue weighted by molar-refractivity contribution is -0.138. The van der Waals surface area contributed by atoms with Crippen molar-refractivity contribution in [2.45, 2.75) is 32.6 Å². The van der Waals surface area contributed by atoms with Crippen LogP contribution in [0.3, 0.4) is 0 Å². The van der Waals surface area contributed by atoms with Gasteiger partial charge in [-0.25, -0.2) is 0 Å². The van der Waals surface area contributed by atoms with Gasteiger partial charge < -0.3 is 9.80 Å². The minimum Gasteiger partial charge on any atom is -0.368 e. The highest BCUT2D eigenvalue weighted by molar-refractivity contribution is 5.99. The molecule has 0 bridgehead atoms. The summed E-state index contributed by atoms with van der Waals surface area (Å²) in [6, 6.07) is 2.99. The van der Waals surface area contributed by atoms with E-state index in [1.807, 2.05) is 11.8 Å². The second-order valence-corrected chi connectivity index (χ2v) is 6.05. The van der Waals surface area contributed by atoms with Crippen molar-refractivity contribution < 1.29 is 18.0 Å². The molecule has 3 rings (SSSR count). The quantitative estimate of drug-likeness (QED) is 0.795. The van der Waals surface area contributed by atoms with Gasteiger partial charge in [0.1, 0.15) is 0 Å². The topological polar surface area (TPSA) is 23.6 Å². The average molecular weight is 298 g/mol. The van der Waals surface area contributed by atoms with Crippen LogP contribution in [0.25, 0.3) is 0 Å². The molecule has 0 aliphatic carbocycles. The Bertz CT molecular complexity index is 612. The van der Waals surface area contributed by atoms with E-state index in [1.165, 1.54) is 18.0 Å². The monoisotopic (exact) mass is 298 g/mol. The molecule has 1 aromatic carbocycles. The van der Waals surface area contributed by atoms with Crippen molar-refractivity contribution >= 4 is 11.6 Å². The number of amides is 1. The zero-order chi connectivity index (χ0) is 15.5. The minimum absolute atomic E-state index is 0.0231. The van der Waals surface area contributed by atoms with Crippen molar-refractivity contribution in [2.75, 3.05) is 18.5 Å². The summed E-state index contributed by atoms with van der Waals surface area (Å²) in [4.78, 5) is 15.3. The van der Waals surface area contributed by atoms with Gasteiger partial charge in [-0.2, -0.15) is 13.2 Å². The average Bonchev–Trinajstić information content (AvgIpc) is 2.69. The predicted molar refractivity (Wildman–Crippen MR) is 73.2 cm³/mol. The van der Waals surface area contributed by atoms with E-state index in [2.05, 4.69) is 6.92 Å². The van der Waals surface area contributed by atoms with Crippen LogP contribution in [-0.2, 0) is 12.7 Å². The number of alkyl halides is 3. The third-order valence-corrected chi connectivity index (χ3v) is 4.64. The van der Waals surface area contributed by atoms with Crippen molar-refractivity contribution in [3.05, 3.63) is 28.8 Å². The number of hydrogen-bond donors (Lipinski definition) is 0. The molecule has 21 heavy (non-hydrogen) atoms. The SMILES string of the molecule is CC1CN(c2cc3c(c(C(F)(F)F)c2)CN(C)C3=O)C1C. The van der Waals surface area contributed by atoms with Gasteiger partial charge >= 0.3 is 6.18 Å². The fourth-order valence-electron chi connectivity index (χ4n) is 3.09. The minimum atomic E-state index is -4.44. The fraction of sp³-hybridized carbons (Fsp3) is 0.533. The lowest BCUT2D eigenvalue weighted by atomic mass is 9.90. The highest BCUT2D eigenvalue weighted by atomic mass is 19.4. The molecule has 2 aliphatic rings. The fourth-order valence-corrected chi connectivity index (χ4v) is 3.09. The van der Waals surface area contributed by atoms with Crippen molar-refractivity contribution in [1.82, 2.24) is 4.90 Å². The molecule has 0 spiro atoms. The molecular formula is C15H17F3N2O. The summed E-state index contributed by atoms with van der Waals surface area (Å²) in [6.45, 7) is 4.80. The van der Waals surface area contributed by atoms with Crippen molar-refractivity contribution in [2.24, 2.45) is 5.92 Å². The normalized spacial score (nSPS) is 25.1. The Morgan fingerprint density at radius 1 is 1.24 bits per heavy atom. The number of rotatable bonds is 1. The third kappa shape index (κ3) is 2.08. The zero-order valence-electron chi connectivity index (χ0n) is 12.2. The van der Waals surface area contributed by atoms with E-state index in [0.717, 1.165) is 6.54 Å². The molecule has 114 valence electrons. The van der Waals surface area contributed by atoms with Gasteiger partial charge in [0.25, 0.3) is 5.91 Å². The lowest BCUT2D eigenvalue weighted by Crippen LogP contribution is -2.53. The van der Waals surface area contributed by atoms with Crippen molar-refractivity contribution in [1.29, 1.82) is 0 Å². The van der Waals surface area contributed by atoms with Crippen LogP contribution >= 0.6 is 0 Å². The first-order valence-corrected chi connectivity index (χ1v) is 6.96. The summed E-state index contributed by atoms with van der Waals surface area (Å²) >= 11 is 0. The number of hydrogen-bond acceptors (Lipinski definition) is 2. The van der Waals surface area contributed by atoms with Crippen LogP contribution in [0.1, 0.15) is 35.3 Å². The predicted octanol–water partition coefficient (Wildman–Crippen LogP) is 3.14. The van der Waals surface area contributed by atoms with Crippen LogP contribution in [0.15, 0.2) is 12.1 Å². The molecule has 1 saturated heterocycles. The van der Waals surface area contributed by atoms with Gasteiger partial charge in [-0.15, -0.1) is 0 Å². The van der Waals surface area contributed by atoms with Crippen LogP contribution in [0.5, 0.6) is 0 Å². The van der Waals surface area contributed by atoms with E-state index in [0.29, 0.717) is 11.6 Å². The van der Waals surface area contributed by atoms with E-state index in [9.17, 15) is 18.0 Å². The van der Waals surface area contributed by atoms with Gasteiger partial charge in [-0.05, 0) is 30.5 Å². The molecule has 2 atom stereocenters. The van der Waals surface area contributed by atoms with Gasteiger partial charge in [0, 0.05) is 37.4 Å². The van der Waals surface area contributed by atoms with Crippen molar-refractivity contribution in [3.8, 4) is 0 Å². The van der Waals surface area contributed by atoms with Gasteiger partial charge in [0.2, 0.25) is 0 Å². The first-order chi connectivity index (χ1) is 9.70. The van der Waals surface area contributed by atoms with E-state index in [-0.39, 0.29) is 29.6 Å². The van der Waals surface area contributed by atoms with Gasteiger partial charge in [-0.1, -0.05) is 6.92 Å². The maximum absolute atomic E-state index is 13.3. The number of nitrogens with zero attached hydrogens (tertiary/aromatic N) is 2. The molecule has 1 amide bonds. The van der Waals surface area contributed by atoms with Crippen molar-refractivity contribution in [3.63, 3.8) is 0 Å². The van der Waals surface area contributed by atoms with Crippen LogP contribution in [0.2, 0.25) is 0 Å². The Morgan fingerprint density at radius 3 is 2.43 bits per heavy atom. The maximum atomic E-state index is 13.3. The summed E-state index contributed by atoms with van der Waals surface area (Å²) in [5, 5.41) is 0. The van der Waals surface area contributed by atoms with Gasteiger partial charge in [0.05, 0.1) is 5.56 Å². The number of fused-ring (bicyclic) bond motifs is 1. The molecule has 2 unspecified atom stereocenters. The first kappa shape index (κ1) is 14.2. The number of carbonyl (C=O) groups is 1. The standard InChI is InChI=1S/C15H17F3N2O/c1-8-6-20(9(8)2)10-4-11-12(7-19(3)14(11)21)13(5-10)15(16,17)18/h4-5,8-9H,6-7H2,1-3H3. The Morgan fingerprint density at radius 2 is 1.90 bits per heavy atom. The van der Waals surface area contributed by atoms with Crippen LogP contribution in [-0.4, -0.2) is 30.4 Å². The molecule has 0 N–H and O–H groups in total. The van der Waals surface area contributed by atoms with E-state index in [1.54, 1.807) is 6.07 Å². The Hall–Kier alpha value is -1.72. The van der Waals surface area contributed by atoms with E-state index in [4.69, 9.17) is 0 Å². The highest BCUT2D eigenvalue weighted by Gasteiger charge is 2.41. The van der Waals surface area contributed by atoms with Gasteiger partial charge in [-0.3, -0.25) is 4.79 Å².